The van der Waals surface area contributed by atoms with Gasteiger partial charge in [0.25, 0.3) is 5.91 Å². The third-order valence-electron chi connectivity index (χ3n) is 4.18. The zero-order valence-electron chi connectivity index (χ0n) is 14.4. The molecule has 3 N–H and O–H groups in total. The van der Waals surface area contributed by atoms with Gasteiger partial charge in [0.05, 0.1) is 0 Å². The van der Waals surface area contributed by atoms with Crippen LogP contribution in [0.1, 0.15) is 53.5 Å². The second-order valence-electron chi connectivity index (χ2n) is 6.77. The first-order chi connectivity index (χ1) is 11.3. The van der Waals surface area contributed by atoms with Gasteiger partial charge in [0.2, 0.25) is 5.91 Å². The first-order valence-electron chi connectivity index (χ1n) is 8.06. The highest BCUT2D eigenvalue weighted by atomic mass is 16.2. The summed E-state index contributed by atoms with van der Waals surface area (Å²) < 4.78 is 0. The molecule has 0 bridgehead atoms. The number of hydrogen-bond donors (Lipinski definition) is 2. The minimum absolute atomic E-state index is 0.0172. The van der Waals surface area contributed by atoms with Crippen molar-refractivity contribution < 1.29 is 9.59 Å². The summed E-state index contributed by atoms with van der Waals surface area (Å²) in [6, 6.07) is 16.7. The predicted molar refractivity (Wildman–Crippen MR) is 96.0 cm³/mol. The summed E-state index contributed by atoms with van der Waals surface area (Å²) in [6.45, 7) is 6.35. The molecule has 0 saturated carbocycles. The fourth-order valence-corrected chi connectivity index (χ4v) is 2.92. The molecule has 1 atom stereocenters. The molecule has 0 heterocycles. The van der Waals surface area contributed by atoms with Crippen molar-refractivity contribution in [1.82, 2.24) is 5.32 Å². The Morgan fingerprint density at radius 2 is 1.54 bits per heavy atom. The average Bonchev–Trinajstić information content (AvgIpc) is 2.55. The van der Waals surface area contributed by atoms with Gasteiger partial charge in [-0.05, 0) is 48.6 Å². The molecule has 4 nitrogen and oxygen atoms in total. The molecule has 0 aliphatic rings. The van der Waals surface area contributed by atoms with Crippen molar-refractivity contribution in [3.63, 3.8) is 0 Å². The Balaban J connectivity index is 2.00. The van der Waals surface area contributed by atoms with Gasteiger partial charge in [0, 0.05) is 17.2 Å². The lowest BCUT2D eigenvalue weighted by Gasteiger charge is -2.29. The van der Waals surface area contributed by atoms with Crippen molar-refractivity contribution in [1.29, 1.82) is 0 Å². The molecule has 0 saturated heterocycles. The highest BCUT2D eigenvalue weighted by molar-refractivity contribution is 5.97. The molecule has 0 aliphatic heterocycles. The van der Waals surface area contributed by atoms with Crippen molar-refractivity contribution in [3.8, 4) is 0 Å². The monoisotopic (exact) mass is 324 g/mol. The summed E-state index contributed by atoms with van der Waals surface area (Å²) in [4.78, 5) is 23.4. The first-order valence-corrected chi connectivity index (χ1v) is 8.06. The number of primary amides is 1. The van der Waals surface area contributed by atoms with E-state index in [1.165, 1.54) is 5.56 Å². The zero-order valence-corrected chi connectivity index (χ0v) is 14.4. The summed E-state index contributed by atoms with van der Waals surface area (Å²) >= 11 is 0. The lowest BCUT2D eigenvalue weighted by molar-refractivity contribution is 0.0932. The Hall–Kier alpha value is -2.62. The van der Waals surface area contributed by atoms with Crippen LogP contribution < -0.4 is 11.1 Å². The van der Waals surface area contributed by atoms with E-state index in [1.54, 1.807) is 24.3 Å². The maximum absolute atomic E-state index is 12.3. The van der Waals surface area contributed by atoms with Crippen molar-refractivity contribution in [2.75, 3.05) is 0 Å². The van der Waals surface area contributed by atoms with Crippen LogP contribution >= 0.6 is 0 Å². The van der Waals surface area contributed by atoms with E-state index in [-0.39, 0.29) is 17.4 Å². The Bertz CT molecular complexity index is 706. The minimum Gasteiger partial charge on any atom is -0.366 e. The topological polar surface area (TPSA) is 72.2 Å². The number of nitrogens with one attached hydrogen (secondary N) is 1. The number of hydrogen-bond acceptors (Lipinski definition) is 2. The molecular formula is C20H24N2O2. The molecule has 0 radical (unpaired) electrons. The summed E-state index contributed by atoms with van der Waals surface area (Å²) in [5, 5.41) is 3.02. The molecule has 1 unspecified atom stereocenters. The standard InChI is InChI=1S/C20H24N2O2/c1-14(13-20(2,3)17-7-5-4-6-8-17)22-19(24)16-11-9-15(10-12-16)18(21)23/h4-12,14H,13H2,1-3H3,(H2,21,23)(H,22,24). The Labute approximate surface area is 143 Å². The second kappa shape index (κ2) is 7.30. The van der Waals surface area contributed by atoms with Crippen LogP contribution in [0.25, 0.3) is 0 Å². The van der Waals surface area contributed by atoms with Crippen LogP contribution in [0.3, 0.4) is 0 Å². The van der Waals surface area contributed by atoms with E-state index in [1.807, 2.05) is 25.1 Å². The fourth-order valence-electron chi connectivity index (χ4n) is 2.92. The van der Waals surface area contributed by atoms with Gasteiger partial charge in [0.1, 0.15) is 0 Å². The van der Waals surface area contributed by atoms with E-state index in [2.05, 4.69) is 31.3 Å². The molecular weight excluding hydrogens is 300 g/mol. The summed E-state index contributed by atoms with van der Waals surface area (Å²) in [5.74, 6) is -0.651. The van der Waals surface area contributed by atoms with E-state index in [0.29, 0.717) is 11.1 Å². The van der Waals surface area contributed by atoms with Gasteiger partial charge < -0.3 is 11.1 Å². The number of benzene rings is 2. The number of amides is 2. The molecule has 0 fully saturated rings. The number of carbonyl (C=O) groups is 2. The van der Waals surface area contributed by atoms with Crippen LogP contribution in [0.4, 0.5) is 0 Å². The highest BCUT2D eigenvalue weighted by Gasteiger charge is 2.24. The number of rotatable bonds is 6. The summed E-state index contributed by atoms with van der Waals surface area (Å²) in [7, 11) is 0. The molecule has 0 aromatic heterocycles. The molecule has 2 amide bonds. The predicted octanol–water partition coefficient (Wildman–Crippen LogP) is 3.27. The van der Waals surface area contributed by atoms with Gasteiger partial charge in [-0.2, -0.15) is 0 Å². The van der Waals surface area contributed by atoms with Crippen LogP contribution in [0.5, 0.6) is 0 Å². The number of nitrogens with two attached hydrogens (primary N) is 1. The van der Waals surface area contributed by atoms with Gasteiger partial charge in [0.15, 0.2) is 0 Å². The van der Waals surface area contributed by atoms with E-state index < -0.39 is 5.91 Å². The lowest BCUT2D eigenvalue weighted by Crippen LogP contribution is -2.37. The van der Waals surface area contributed by atoms with Crippen LogP contribution in [0, 0.1) is 0 Å². The summed E-state index contributed by atoms with van der Waals surface area (Å²) in [5.41, 5.74) is 7.33. The molecule has 0 spiro atoms. The SMILES string of the molecule is CC(CC(C)(C)c1ccccc1)NC(=O)c1ccc(C(N)=O)cc1. The Kier molecular flexibility index (Phi) is 5.39. The van der Waals surface area contributed by atoms with Gasteiger partial charge in [-0.3, -0.25) is 9.59 Å². The van der Waals surface area contributed by atoms with Gasteiger partial charge in [-0.15, -0.1) is 0 Å². The molecule has 2 aromatic carbocycles. The maximum Gasteiger partial charge on any atom is 0.251 e. The minimum atomic E-state index is -0.500. The van der Waals surface area contributed by atoms with Crippen LogP contribution in [0.2, 0.25) is 0 Å². The van der Waals surface area contributed by atoms with Crippen LogP contribution in [-0.4, -0.2) is 17.9 Å². The maximum atomic E-state index is 12.3. The second-order valence-corrected chi connectivity index (χ2v) is 6.77. The average molecular weight is 324 g/mol. The van der Waals surface area contributed by atoms with Gasteiger partial charge in [-0.25, -0.2) is 0 Å². The quantitative estimate of drug-likeness (QED) is 0.856. The van der Waals surface area contributed by atoms with Gasteiger partial charge in [-0.1, -0.05) is 44.2 Å². The molecule has 126 valence electrons. The molecule has 24 heavy (non-hydrogen) atoms. The molecule has 4 heteroatoms. The third-order valence-corrected chi connectivity index (χ3v) is 4.18. The lowest BCUT2D eigenvalue weighted by atomic mass is 9.79. The van der Waals surface area contributed by atoms with Crippen LogP contribution in [0.15, 0.2) is 54.6 Å². The van der Waals surface area contributed by atoms with Crippen LogP contribution in [-0.2, 0) is 5.41 Å². The molecule has 2 aromatic rings. The summed E-state index contributed by atoms with van der Waals surface area (Å²) in [6.07, 6.45) is 0.822. The van der Waals surface area contributed by atoms with E-state index in [0.717, 1.165) is 6.42 Å². The third kappa shape index (κ3) is 4.44. The van der Waals surface area contributed by atoms with Crippen molar-refractivity contribution in [2.45, 2.75) is 38.6 Å². The Morgan fingerprint density at radius 1 is 1.00 bits per heavy atom. The largest absolute Gasteiger partial charge is 0.366 e. The molecule has 0 aliphatic carbocycles. The fraction of sp³-hybridized carbons (Fsp3) is 0.300. The molecule has 2 rings (SSSR count). The van der Waals surface area contributed by atoms with E-state index in [4.69, 9.17) is 5.73 Å². The van der Waals surface area contributed by atoms with E-state index in [9.17, 15) is 9.59 Å². The Morgan fingerprint density at radius 3 is 2.08 bits per heavy atom. The smallest absolute Gasteiger partial charge is 0.251 e. The zero-order chi connectivity index (χ0) is 17.7. The van der Waals surface area contributed by atoms with Crippen molar-refractivity contribution in [2.24, 2.45) is 5.73 Å². The van der Waals surface area contributed by atoms with Crippen molar-refractivity contribution >= 4 is 11.8 Å². The highest BCUT2D eigenvalue weighted by Crippen LogP contribution is 2.28. The first kappa shape index (κ1) is 17.7. The van der Waals surface area contributed by atoms with Crippen molar-refractivity contribution in [3.05, 3.63) is 71.3 Å². The number of carbonyl (C=O) groups excluding carboxylic acids is 2. The normalized spacial score (nSPS) is 12.5. The van der Waals surface area contributed by atoms with E-state index >= 15 is 0 Å². The van der Waals surface area contributed by atoms with Gasteiger partial charge >= 0.3 is 0 Å².